The number of nitrogens with zero attached hydrogens (tertiary/aromatic N) is 5. The van der Waals surface area contributed by atoms with E-state index in [-0.39, 0.29) is 11.4 Å². The lowest BCUT2D eigenvalue weighted by Crippen LogP contribution is -2.35. The average molecular weight is 537 g/mol. The predicted octanol–water partition coefficient (Wildman–Crippen LogP) is 5.18. The number of carbonyl (C=O) groups excluding carboxylic acids is 1. The zero-order valence-corrected chi connectivity index (χ0v) is 21.9. The Morgan fingerprint density at radius 3 is 2.69 bits per heavy atom. The molecule has 0 bridgehead atoms. The van der Waals surface area contributed by atoms with Crippen LogP contribution in [0.2, 0.25) is 0 Å². The molecule has 10 heteroatoms. The molecular formula is C29H24N6O3S. The highest BCUT2D eigenvalue weighted by Crippen LogP contribution is 2.32. The first kappa shape index (κ1) is 24.6. The Morgan fingerprint density at radius 2 is 1.87 bits per heavy atom. The second-order valence-corrected chi connectivity index (χ2v) is 9.77. The van der Waals surface area contributed by atoms with Crippen molar-refractivity contribution in [3.8, 4) is 11.5 Å². The third kappa shape index (κ3) is 4.82. The molecule has 2 aromatic heterocycles. The van der Waals surface area contributed by atoms with Gasteiger partial charge in [0, 0.05) is 47.2 Å². The van der Waals surface area contributed by atoms with E-state index in [0.29, 0.717) is 34.9 Å². The monoisotopic (exact) mass is 536 g/mol. The first-order valence-corrected chi connectivity index (χ1v) is 13.2. The second-order valence-electron chi connectivity index (χ2n) is 8.81. The Balaban J connectivity index is 1.23. The van der Waals surface area contributed by atoms with E-state index in [1.165, 1.54) is 16.8 Å². The van der Waals surface area contributed by atoms with E-state index in [9.17, 15) is 4.79 Å². The smallest absolute Gasteiger partial charge is 0.283 e. The van der Waals surface area contributed by atoms with Gasteiger partial charge in [0.1, 0.15) is 5.04 Å². The van der Waals surface area contributed by atoms with Gasteiger partial charge in [-0.1, -0.05) is 30.3 Å². The Kier molecular flexibility index (Phi) is 6.68. The summed E-state index contributed by atoms with van der Waals surface area (Å²) in [6, 6.07) is 19.3. The number of hydrogen-bond acceptors (Lipinski definition) is 7. The van der Waals surface area contributed by atoms with Crippen LogP contribution in [0.4, 0.5) is 0 Å². The minimum Gasteiger partial charge on any atom is -0.493 e. The molecule has 1 N–H and O–H groups in total. The van der Waals surface area contributed by atoms with Crippen molar-refractivity contribution in [3.63, 3.8) is 0 Å². The van der Waals surface area contributed by atoms with Crippen molar-refractivity contribution < 1.29 is 14.3 Å². The summed E-state index contributed by atoms with van der Waals surface area (Å²) in [7, 11) is 1.63. The second kappa shape index (κ2) is 10.6. The number of aryl methyl sites for hydroxylation is 1. The first-order valence-electron chi connectivity index (χ1n) is 12.4. The lowest BCUT2D eigenvalue weighted by atomic mass is 10.1. The zero-order chi connectivity index (χ0) is 26.8. The molecular weight excluding hydrogens is 512 g/mol. The van der Waals surface area contributed by atoms with Gasteiger partial charge in [-0.15, -0.1) is 0 Å². The van der Waals surface area contributed by atoms with E-state index in [1.54, 1.807) is 25.6 Å². The fraction of sp³-hybridized carbons (Fsp3) is 0.138. The van der Waals surface area contributed by atoms with Crippen molar-refractivity contribution in [3.05, 3.63) is 96.0 Å². The molecule has 9 nitrogen and oxygen atoms in total. The zero-order valence-electron chi connectivity index (χ0n) is 21.1. The van der Waals surface area contributed by atoms with E-state index in [0.717, 1.165) is 28.5 Å². The number of pyridine rings is 1. The van der Waals surface area contributed by atoms with E-state index in [4.69, 9.17) is 14.9 Å². The van der Waals surface area contributed by atoms with Gasteiger partial charge in [-0.25, -0.2) is 0 Å². The van der Waals surface area contributed by atoms with Crippen molar-refractivity contribution >= 4 is 50.7 Å². The highest BCUT2D eigenvalue weighted by atomic mass is 32.2. The van der Waals surface area contributed by atoms with Crippen molar-refractivity contribution in [2.45, 2.75) is 13.0 Å². The van der Waals surface area contributed by atoms with Crippen LogP contribution in [0, 0.1) is 5.41 Å². The molecule has 0 fully saturated rings. The van der Waals surface area contributed by atoms with E-state index in [2.05, 4.69) is 19.6 Å². The molecule has 0 unspecified atom stereocenters. The van der Waals surface area contributed by atoms with Crippen LogP contribution < -0.4 is 9.47 Å². The first-order chi connectivity index (χ1) is 19.1. The number of ether oxygens (including phenoxy) is 2. The highest BCUT2D eigenvalue weighted by Gasteiger charge is 2.36. The predicted molar refractivity (Wildman–Crippen MR) is 153 cm³/mol. The molecule has 0 spiro atoms. The van der Waals surface area contributed by atoms with Gasteiger partial charge in [0.15, 0.2) is 17.3 Å². The number of aromatic nitrogens is 2. The number of rotatable bonds is 8. The number of hydrogen-bond donors (Lipinski definition) is 1. The maximum atomic E-state index is 13.0. The molecule has 6 rings (SSSR count). The Bertz CT molecular complexity index is 1670. The lowest BCUT2D eigenvalue weighted by molar-refractivity contribution is -0.114. The Hall–Kier alpha value is -4.70. The molecule has 1 amide bonds. The van der Waals surface area contributed by atoms with E-state index >= 15 is 0 Å². The number of carbonyl (C=O) groups is 1. The quantitative estimate of drug-likeness (QED) is 0.246. The van der Waals surface area contributed by atoms with Gasteiger partial charge >= 0.3 is 0 Å². The minimum absolute atomic E-state index is 0.00145. The molecule has 0 saturated heterocycles. The van der Waals surface area contributed by atoms with E-state index in [1.807, 2.05) is 66.9 Å². The molecule has 0 saturated carbocycles. The van der Waals surface area contributed by atoms with Crippen molar-refractivity contribution in [1.82, 2.24) is 14.6 Å². The molecule has 0 atom stereocenters. The van der Waals surface area contributed by atoms with Crippen LogP contribution in [0.25, 0.3) is 17.0 Å². The summed E-state index contributed by atoms with van der Waals surface area (Å²) in [4.78, 5) is 21.4. The number of aliphatic imine (C=N–C) groups is 1. The van der Waals surface area contributed by atoms with Gasteiger partial charge in [-0.3, -0.25) is 15.2 Å². The van der Waals surface area contributed by atoms with Crippen LogP contribution in [-0.2, 0) is 11.3 Å². The summed E-state index contributed by atoms with van der Waals surface area (Å²) in [5, 5.41) is 16.7. The third-order valence-corrected chi connectivity index (χ3v) is 7.31. The molecule has 2 aliphatic heterocycles. The third-order valence-electron chi connectivity index (χ3n) is 6.35. The number of amides is 1. The number of para-hydroxylation sites is 3. The van der Waals surface area contributed by atoms with Crippen molar-refractivity contribution in [1.29, 1.82) is 5.41 Å². The molecule has 4 aromatic rings. The van der Waals surface area contributed by atoms with Crippen LogP contribution in [0.3, 0.4) is 0 Å². The fourth-order valence-electron chi connectivity index (χ4n) is 4.48. The summed E-state index contributed by atoms with van der Waals surface area (Å²) in [5.41, 5.74) is 2.88. The van der Waals surface area contributed by atoms with Gasteiger partial charge in [-0.2, -0.15) is 15.1 Å². The summed E-state index contributed by atoms with van der Waals surface area (Å²) < 4.78 is 13.4. The number of methoxy groups -OCH3 is 1. The number of nitrogens with one attached hydrogen (secondary N) is 1. The molecule has 194 valence electrons. The molecule has 0 radical (unpaired) electrons. The van der Waals surface area contributed by atoms with Gasteiger partial charge in [-0.05, 0) is 54.6 Å². The Morgan fingerprint density at radius 1 is 1.05 bits per heavy atom. The highest BCUT2D eigenvalue weighted by molar-refractivity contribution is 8.27. The largest absolute Gasteiger partial charge is 0.493 e. The molecule has 2 aliphatic rings. The maximum absolute atomic E-state index is 13.0. The molecule has 39 heavy (non-hydrogen) atoms. The number of amidine groups is 2. The topological polar surface area (TPSA) is 105 Å². The number of benzene rings is 2. The summed E-state index contributed by atoms with van der Waals surface area (Å²) >= 11 is 1.26. The Labute approximate surface area is 229 Å². The average Bonchev–Trinajstić information content (AvgIpc) is 3.56. The van der Waals surface area contributed by atoms with Crippen molar-refractivity contribution in [2.24, 2.45) is 10.1 Å². The fourth-order valence-corrected chi connectivity index (χ4v) is 5.36. The van der Waals surface area contributed by atoms with Crippen LogP contribution in [0.15, 0.2) is 94.9 Å². The summed E-state index contributed by atoms with van der Waals surface area (Å²) in [6.45, 7) is 1.24. The van der Waals surface area contributed by atoms with Gasteiger partial charge < -0.3 is 14.0 Å². The van der Waals surface area contributed by atoms with Crippen LogP contribution in [0.1, 0.15) is 17.5 Å². The summed E-state index contributed by atoms with van der Waals surface area (Å²) in [6.07, 6.45) is 7.89. The maximum Gasteiger partial charge on any atom is 0.283 e. The van der Waals surface area contributed by atoms with Gasteiger partial charge in [0.2, 0.25) is 5.17 Å². The van der Waals surface area contributed by atoms with Gasteiger partial charge in [0.25, 0.3) is 5.91 Å². The SMILES string of the molecule is COc1ccccc1OCCCn1cc(C=C2C(=N)N3N=C(c4cccnc4)SC3=NC2=O)c2ccccc21. The minimum atomic E-state index is -0.455. The standard InChI is InChI=1S/C29H24N6O3S/c1-37-24-11-4-5-12-25(24)38-15-7-14-34-18-20(21-9-2-3-10-23(21)34)16-22-26(30)35-29(32-27(22)36)39-28(33-35)19-8-6-13-31-17-19/h2-6,8-13,16-18,30H,7,14-15H2,1H3. The summed E-state index contributed by atoms with van der Waals surface area (Å²) in [5.74, 6) is 0.963. The molecule has 2 aromatic carbocycles. The lowest BCUT2D eigenvalue weighted by Gasteiger charge is -2.20. The van der Waals surface area contributed by atoms with E-state index < -0.39 is 5.91 Å². The normalized spacial score (nSPS) is 15.9. The number of hydrazone groups is 1. The molecule has 4 heterocycles. The number of thioether (sulfide) groups is 1. The molecule has 0 aliphatic carbocycles. The van der Waals surface area contributed by atoms with Crippen LogP contribution >= 0.6 is 11.8 Å². The van der Waals surface area contributed by atoms with Gasteiger partial charge in [0.05, 0.1) is 19.3 Å². The van der Waals surface area contributed by atoms with Crippen molar-refractivity contribution in [2.75, 3.05) is 13.7 Å². The number of fused-ring (bicyclic) bond motifs is 2. The van der Waals surface area contributed by atoms with Crippen LogP contribution in [-0.4, -0.2) is 50.2 Å². The van der Waals surface area contributed by atoms with Crippen LogP contribution in [0.5, 0.6) is 11.5 Å².